The van der Waals surface area contributed by atoms with Gasteiger partial charge in [0.1, 0.15) is 11.9 Å². The van der Waals surface area contributed by atoms with Gasteiger partial charge in [-0.25, -0.2) is 0 Å². The number of aryl methyl sites for hydroxylation is 1. The SMILES string of the molecule is Cc1ccc(CNCc2ccsc2)c(O[C@@H]2CCOC2)c1. The number of hydrogen-bond donors (Lipinski definition) is 1. The molecule has 0 amide bonds. The summed E-state index contributed by atoms with van der Waals surface area (Å²) in [7, 11) is 0. The maximum absolute atomic E-state index is 6.11. The molecule has 2 aromatic rings. The number of ether oxygens (including phenoxy) is 2. The molecular formula is C17H21NO2S. The third-order valence-corrected chi connectivity index (χ3v) is 4.36. The lowest BCUT2D eigenvalue weighted by Gasteiger charge is -2.16. The van der Waals surface area contributed by atoms with Gasteiger partial charge in [-0.3, -0.25) is 0 Å². The molecule has 1 atom stereocenters. The molecule has 0 saturated carbocycles. The predicted molar refractivity (Wildman–Crippen MR) is 85.9 cm³/mol. The van der Waals surface area contributed by atoms with Crippen LogP contribution in [-0.2, 0) is 17.8 Å². The molecule has 1 fully saturated rings. The van der Waals surface area contributed by atoms with Crippen LogP contribution in [0.5, 0.6) is 5.75 Å². The highest BCUT2D eigenvalue weighted by molar-refractivity contribution is 7.07. The van der Waals surface area contributed by atoms with Crippen molar-refractivity contribution in [2.45, 2.75) is 32.5 Å². The molecule has 112 valence electrons. The predicted octanol–water partition coefficient (Wildman–Crippen LogP) is 3.51. The molecule has 4 heteroatoms. The van der Waals surface area contributed by atoms with E-state index in [-0.39, 0.29) is 6.10 Å². The van der Waals surface area contributed by atoms with Gasteiger partial charge in [0.15, 0.2) is 0 Å². The molecule has 0 aliphatic carbocycles. The monoisotopic (exact) mass is 303 g/mol. The highest BCUT2D eigenvalue weighted by Gasteiger charge is 2.18. The van der Waals surface area contributed by atoms with Gasteiger partial charge in [0.05, 0.1) is 13.2 Å². The number of rotatable bonds is 6. The van der Waals surface area contributed by atoms with E-state index in [1.54, 1.807) is 11.3 Å². The van der Waals surface area contributed by atoms with Crippen molar-refractivity contribution in [1.29, 1.82) is 0 Å². The van der Waals surface area contributed by atoms with Gasteiger partial charge >= 0.3 is 0 Å². The van der Waals surface area contributed by atoms with Crippen LogP contribution in [0.1, 0.15) is 23.1 Å². The first kappa shape index (κ1) is 14.6. The van der Waals surface area contributed by atoms with E-state index >= 15 is 0 Å². The van der Waals surface area contributed by atoms with Crippen molar-refractivity contribution >= 4 is 11.3 Å². The van der Waals surface area contributed by atoms with E-state index in [2.05, 4.69) is 47.3 Å². The van der Waals surface area contributed by atoms with Crippen LogP contribution >= 0.6 is 11.3 Å². The molecule has 0 spiro atoms. The third-order valence-electron chi connectivity index (χ3n) is 3.63. The molecule has 1 aromatic carbocycles. The van der Waals surface area contributed by atoms with Crippen LogP contribution in [0.25, 0.3) is 0 Å². The van der Waals surface area contributed by atoms with E-state index in [4.69, 9.17) is 9.47 Å². The molecule has 2 heterocycles. The molecule has 3 nitrogen and oxygen atoms in total. The smallest absolute Gasteiger partial charge is 0.124 e. The van der Waals surface area contributed by atoms with Crippen molar-refractivity contribution in [1.82, 2.24) is 5.32 Å². The van der Waals surface area contributed by atoms with Crippen LogP contribution in [0.4, 0.5) is 0 Å². The van der Waals surface area contributed by atoms with E-state index in [0.717, 1.165) is 31.9 Å². The highest BCUT2D eigenvalue weighted by atomic mass is 32.1. The fourth-order valence-electron chi connectivity index (χ4n) is 2.44. The van der Waals surface area contributed by atoms with E-state index < -0.39 is 0 Å². The Balaban J connectivity index is 1.62. The van der Waals surface area contributed by atoms with Crippen LogP contribution in [0.3, 0.4) is 0 Å². The average molecular weight is 303 g/mol. The Kier molecular flexibility index (Phi) is 4.91. The average Bonchev–Trinajstić information content (AvgIpc) is 3.14. The first-order chi connectivity index (χ1) is 10.3. The van der Waals surface area contributed by atoms with Gasteiger partial charge in [-0.15, -0.1) is 0 Å². The number of thiophene rings is 1. The van der Waals surface area contributed by atoms with Crippen molar-refractivity contribution in [2.75, 3.05) is 13.2 Å². The second kappa shape index (κ2) is 7.07. The lowest BCUT2D eigenvalue weighted by Crippen LogP contribution is -2.18. The summed E-state index contributed by atoms with van der Waals surface area (Å²) >= 11 is 1.73. The maximum atomic E-state index is 6.11. The number of benzene rings is 1. The molecule has 0 radical (unpaired) electrons. The maximum Gasteiger partial charge on any atom is 0.124 e. The second-order valence-corrected chi connectivity index (χ2v) is 6.23. The topological polar surface area (TPSA) is 30.5 Å². The van der Waals surface area contributed by atoms with Gasteiger partial charge in [-0.2, -0.15) is 11.3 Å². The molecule has 1 saturated heterocycles. The van der Waals surface area contributed by atoms with E-state index in [0.29, 0.717) is 6.61 Å². The molecule has 3 rings (SSSR count). The lowest BCUT2D eigenvalue weighted by atomic mass is 10.1. The molecule has 1 aliphatic heterocycles. The van der Waals surface area contributed by atoms with Gasteiger partial charge in [0.25, 0.3) is 0 Å². The Labute approximate surface area is 129 Å². The van der Waals surface area contributed by atoms with Crippen molar-refractivity contribution in [3.8, 4) is 5.75 Å². The zero-order chi connectivity index (χ0) is 14.5. The lowest BCUT2D eigenvalue weighted by molar-refractivity contribution is 0.140. The van der Waals surface area contributed by atoms with Crippen LogP contribution in [0, 0.1) is 6.92 Å². The van der Waals surface area contributed by atoms with Crippen molar-refractivity contribution in [2.24, 2.45) is 0 Å². The quantitative estimate of drug-likeness (QED) is 0.886. The second-order valence-electron chi connectivity index (χ2n) is 5.45. The molecule has 1 aromatic heterocycles. The largest absolute Gasteiger partial charge is 0.488 e. The van der Waals surface area contributed by atoms with E-state index in [1.165, 1.54) is 16.7 Å². The molecular weight excluding hydrogens is 282 g/mol. The van der Waals surface area contributed by atoms with Crippen molar-refractivity contribution in [3.05, 3.63) is 51.7 Å². The molecule has 0 unspecified atom stereocenters. The van der Waals surface area contributed by atoms with Crippen LogP contribution in [0.2, 0.25) is 0 Å². The minimum absolute atomic E-state index is 0.197. The third kappa shape index (κ3) is 4.06. The minimum Gasteiger partial charge on any atom is -0.488 e. The Morgan fingerprint density at radius 2 is 2.29 bits per heavy atom. The van der Waals surface area contributed by atoms with E-state index in [1.807, 2.05) is 0 Å². The van der Waals surface area contributed by atoms with Crippen LogP contribution < -0.4 is 10.1 Å². The summed E-state index contributed by atoms with van der Waals surface area (Å²) in [6.07, 6.45) is 1.18. The van der Waals surface area contributed by atoms with Crippen LogP contribution in [-0.4, -0.2) is 19.3 Å². The van der Waals surface area contributed by atoms with Gasteiger partial charge in [-0.05, 0) is 40.9 Å². The fourth-order valence-corrected chi connectivity index (χ4v) is 3.11. The molecule has 1 N–H and O–H groups in total. The summed E-state index contributed by atoms with van der Waals surface area (Å²) in [6, 6.07) is 8.57. The normalized spacial score (nSPS) is 18.0. The zero-order valence-corrected chi connectivity index (χ0v) is 13.1. The first-order valence-electron chi connectivity index (χ1n) is 7.37. The Morgan fingerprint density at radius 3 is 3.05 bits per heavy atom. The summed E-state index contributed by atoms with van der Waals surface area (Å²) in [5.74, 6) is 0.989. The summed E-state index contributed by atoms with van der Waals surface area (Å²) < 4.78 is 11.5. The van der Waals surface area contributed by atoms with Gasteiger partial charge < -0.3 is 14.8 Å². The van der Waals surface area contributed by atoms with Crippen molar-refractivity contribution < 1.29 is 9.47 Å². The van der Waals surface area contributed by atoms with Gasteiger partial charge in [0.2, 0.25) is 0 Å². The van der Waals surface area contributed by atoms with Crippen molar-refractivity contribution in [3.63, 3.8) is 0 Å². The first-order valence-corrected chi connectivity index (χ1v) is 8.31. The Hall–Kier alpha value is -1.36. The van der Waals surface area contributed by atoms with Gasteiger partial charge in [-0.1, -0.05) is 12.1 Å². The summed E-state index contributed by atoms with van der Waals surface area (Å²) in [5, 5.41) is 7.77. The van der Waals surface area contributed by atoms with E-state index in [9.17, 15) is 0 Å². The summed E-state index contributed by atoms with van der Waals surface area (Å²) in [4.78, 5) is 0. The summed E-state index contributed by atoms with van der Waals surface area (Å²) in [5.41, 5.74) is 3.77. The Morgan fingerprint density at radius 1 is 1.33 bits per heavy atom. The number of nitrogens with one attached hydrogen (secondary N) is 1. The standard InChI is InChI=1S/C17H21NO2S/c1-13-2-3-15(10-18-9-14-5-7-21-12-14)17(8-13)20-16-4-6-19-11-16/h2-3,5,7-8,12,16,18H,4,6,9-11H2,1H3/t16-/m1/s1. The molecule has 1 aliphatic rings. The summed E-state index contributed by atoms with van der Waals surface area (Å²) in [6.45, 7) is 5.32. The molecule has 21 heavy (non-hydrogen) atoms. The number of hydrogen-bond acceptors (Lipinski definition) is 4. The van der Waals surface area contributed by atoms with Crippen LogP contribution in [0.15, 0.2) is 35.0 Å². The van der Waals surface area contributed by atoms with Gasteiger partial charge in [0, 0.05) is 25.1 Å². The fraction of sp³-hybridized carbons (Fsp3) is 0.412. The highest BCUT2D eigenvalue weighted by Crippen LogP contribution is 2.24. The molecule has 0 bridgehead atoms. The zero-order valence-electron chi connectivity index (χ0n) is 12.3. The Bertz CT molecular complexity index is 562. The minimum atomic E-state index is 0.197.